The lowest BCUT2D eigenvalue weighted by Crippen LogP contribution is -2.42. The Morgan fingerprint density at radius 3 is 2.48 bits per heavy atom. The minimum atomic E-state index is -1.25. The second kappa shape index (κ2) is 9.21. The number of H-pyrrole nitrogens is 1. The number of aromatic nitrogens is 2. The lowest BCUT2D eigenvalue weighted by molar-refractivity contribution is 0.0983. The predicted molar refractivity (Wildman–Crippen MR) is 109 cm³/mol. The van der Waals surface area contributed by atoms with Crippen molar-refractivity contribution in [2.75, 3.05) is 17.2 Å². The van der Waals surface area contributed by atoms with Crippen LogP contribution >= 0.6 is 11.6 Å². The smallest absolute Gasteiger partial charge is 0.330 e. The number of amides is 1. The molecule has 0 saturated heterocycles. The highest BCUT2D eigenvalue weighted by atomic mass is 35.5. The van der Waals surface area contributed by atoms with Crippen LogP contribution in [-0.4, -0.2) is 22.0 Å². The molecule has 1 aromatic heterocycles. The second-order valence-electron chi connectivity index (χ2n) is 7.05. The van der Waals surface area contributed by atoms with E-state index < -0.39 is 28.8 Å². The summed E-state index contributed by atoms with van der Waals surface area (Å²) in [6.07, 6.45) is 1.40. The second-order valence-corrected chi connectivity index (χ2v) is 7.46. The molecule has 3 N–H and O–H groups in total. The summed E-state index contributed by atoms with van der Waals surface area (Å²) in [7, 11) is 0. The molecule has 2 aromatic rings. The zero-order chi connectivity index (χ0) is 21.9. The minimum Gasteiger partial charge on any atom is -0.383 e. The highest BCUT2D eigenvalue weighted by molar-refractivity contribution is 6.34. The molecule has 0 radical (unpaired) electrons. The van der Waals surface area contributed by atoms with Crippen LogP contribution in [-0.2, 0) is 6.54 Å². The van der Waals surface area contributed by atoms with Crippen LogP contribution in [0.15, 0.2) is 21.7 Å². The third kappa shape index (κ3) is 4.84. The third-order valence-corrected chi connectivity index (χ3v) is 4.57. The molecule has 0 atom stereocenters. The first kappa shape index (κ1) is 22.6. The summed E-state index contributed by atoms with van der Waals surface area (Å²) in [5.41, 5.74) is 3.99. The molecule has 0 saturated carbocycles. The van der Waals surface area contributed by atoms with E-state index in [-0.39, 0.29) is 41.1 Å². The molecular weight excluding hydrogens is 406 g/mol. The molecule has 0 fully saturated rings. The number of carbonyl (C=O) groups excluding carboxylic acids is 1. The maximum atomic E-state index is 13.7. The van der Waals surface area contributed by atoms with Crippen molar-refractivity contribution in [1.29, 1.82) is 0 Å². The standard InChI is InChI=1S/C19H23ClF2N4O3/c1-4-5-6-25-16(23)15(17(27)24-19(25)29)26(9-10(2)3)18(28)11-7-13(21)14(22)8-12(11)20/h7-8,10H,4-6,9,23H2,1-3H3,(H,24,27,29). The summed E-state index contributed by atoms with van der Waals surface area (Å²) in [6, 6.07) is 1.36. The van der Waals surface area contributed by atoms with E-state index in [1.54, 1.807) is 13.8 Å². The molecule has 0 aliphatic rings. The summed E-state index contributed by atoms with van der Waals surface area (Å²) in [6.45, 7) is 5.80. The SMILES string of the molecule is CCCCn1c(N)c(N(CC(C)C)C(=O)c2cc(F)c(F)cc2Cl)c(=O)[nH]c1=O. The van der Waals surface area contributed by atoms with Gasteiger partial charge in [0.05, 0.1) is 10.6 Å². The van der Waals surface area contributed by atoms with E-state index >= 15 is 0 Å². The van der Waals surface area contributed by atoms with Crippen LogP contribution in [0.25, 0.3) is 0 Å². The number of hydrogen-bond donors (Lipinski definition) is 2. The van der Waals surface area contributed by atoms with Gasteiger partial charge in [0.25, 0.3) is 11.5 Å². The van der Waals surface area contributed by atoms with Crippen LogP contribution in [0.1, 0.15) is 44.0 Å². The summed E-state index contributed by atoms with van der Waals surface area (Å²) in [4.78, 5) is 41.0. The van der Waals surface area contributed by atoms with Gasteiger partial charge in [-0.05, 0) is 24.5 Å². The lowest BCUT2D eigenvalue weighted by Gasteiger charge is -2.26. The van der Waals surface area contributed by atoms with Crippen molar-refractivity contribution in [3.8, 4) is 0 Å². The molecule has 29 heavy (non-hydrogen) atoms. The summed E-state index contributed by atoms with van der Waals surface area (Å²) in [5.74, 6) is -3.58. The molecule has 0 aliphatic carbocycles. The number of nitrogens with one attached hydrogen (secondary N) is 1. The number of unbranched alkanes of at least 4 members (excludes halogenated alkanes) is 1. The number of benzene rings is 1. The van der Waals surface area contributed by atoms with Gasteiger partial charge < -0.3 is 10.6 Å². The van der Waals surface area contributed by atoms with Crippen molar-refractivity contribution < 1.29 is 13.6 Å². The first-order chi connectivity index (χ1) is 13.6. The van der Waals surface area contributed by atoms with Crippen LogP contribution in [0.2, 0.25) is 5.02 Å². The minimum absolute atomic E-state index is 0.0351. The molecule has 0 bridgehead atoms. The first-order valence-electron chi connectivity index (χ1n) is 9.17. The fourth-order valence-corrected chi connectivity index (χ4v) is 3.08. The number of anilines is 2. The van der Waals surface area contributed by atoms with Crippen LogP contribution in [0.3, 0.4) is 0 Å². The average molecular weight is 429 g/mol. The molecule has 1 heterocycles. The quantitative estimate of drug-likeness (QED) is 0.661. The van der Waals surface area contributed by atoms with Crippen molar-refractivity contribution >= 4 is 29.0 Å². The molecule has 1 amide bonds. The molecule has 0 unspecified atom stereocenters. The van der Waals surface area contributed by atoms with Crippen LogP contribution < -0.4 is 21.9 Å². The Labute approximate surface area is 171 Å². The number of nitrogens with two attached hydrogens (primary N) is 1. The highest BCUT2D eigenvalue weighted by Gasteiger charge is 2.28. The Hall–Kier alpha value is -2.68. The number of nitrogen functional groups attached to an aromatic ring is 1. The Balaban J connectivity index is 2.68. The van der Waals surface area contributed by atoms with Gasteiger partial charge in [-0.2, -0.15) is 0 Å². The van der Waals surface area contributed by atoms with Gasteiger partial charge in [-0.25, -0.2) is 13.6 Å². The van der Waals surface area contributed by atoms with E-state index in [1.807, 2.05) is 6.92 Å². The van der Waals surface area contributed by atoms with Crippen molar-refractivity contribution in [3.63, 3.8) is 0 Å². The largest absolute Gasteiger partial charge is 0.383 e. The topological polar surface area (TPSA) is 101 Å². The zero-order valence-corrected chi connectivity index (χ0v) is 17.1. The van der Waals surface area contributed by atoms with E-state index in [0.717, 1.165) is 11.3 Å². The number of carbonyl (C=O) groups is 1. The first-order valence-corrected chi connectivity index (χ1v) is 9.55. The normalized spacial score (nSPS) is 11.1. The Morgan fingerprint density at radius 1 is 1.28 bits per heavy atom. The molecule has 10 heteroatoms. The highest BCUT2D eigenvalue weighted by Crippen LogP contribution is 2.26. The van der Waals surface area contributed by atoms with Gasteiger partial charge in [0.2, 0.25) is 0 Å². The van der Waals surface area contributed by atoms with Gasteiger partial charge in [0, 0.05) is 13.1 Å². The van der Waals surface area contributed by atoms with Gasteiger partial charge >= 0.3 is 5.69 Å². The monoisotopic (exact) mass is 428 g/mol. The van der Waals surface area contributed by atoms with E-state index in [0.29, 0.717) is 18.6 Å². The maximum absolute atomic E-state index is 13.7. The molecule has 0 spiro atoms. The Bertz CT molecular complexity index is 1030. The zero-order valence-electron chi connectivity index (χ0n) is 16.4. The van der Waals surface area contributed by atoms with Gasteiger partial charge in [0.1, 0.15) is 5.82 Å². The average Bonchev–Trinajstić information content (AvgIpc) is 2.62. The van der Waals surface area contributed by atoms with E-state index in [9.17, 15) is 23.2 Å². The van der Waals surface area contributed by atoms with E-state index in [4.69, 9.17) is 17.3 Å². The van der Waals surface area contributed by atoms with Gasteiger partial charge in [-0.3, -0.25) is 19.1 Å². The van der Waals surface area contributed by atoms with Crippen LogP contribution in [0, 0.1) is 17.6 Å². The summed E-state index contributed by atoms with van der Waals surface area (Å²) >= 11 is 5.94. The number of nitrogens with zero attached hydrogens (tertiary/aromatic N) is 2. The maximum Gasteiger partial charge on any atom is 0.330 e. The van der Waals surface area contributed by atoms with Gasteiger partial charge in [0.15, 0.2) is 17.3 Å². The Morgan fingerprint density at radius 2 is 1.90 bits per heavy atom. The molecule has 7 nitrogen and oxygen atoms in total. The van der Waals surface area contributed by atoms with Crippen LogP contribution in [0.5, 0.6) is 0 Å². The Kier molecular flexibility index (Phi) is 7.18. The number of aromatic amines is 1. The van der Waals surface area contributed by atoms with Crippen molar-refractivity contribution in [2.45, 2.75) is 40.2 Å². The third-order valence-electron chi connectivity index (χ3n) is 4.25. The van der Waals surface area contributed by atoms with Crippen molar-refractivity contribution in [1.82, 2.24) is 9.55 Å². The van der Waals surface area contributed by atoms with Gasteiger partial charge in [-0.1, -0.05) is 38.8 Å². The molecule has 1 aromatic carbocycles. The fraction of sp³-hybridized carbons (Fsp3) is 0.421. The molecule has 158 valence electrons. The van der Waals surface area contributed by atoms with Crippen LogP contribution in [0.4, 0.5) is 20.3 Å². The number of hydrogen-bond acceptors (Lipinski definition) is 4. The molecular formula is C19H23ClF2N4O3. The molecule has 0 aliphatic heterocycles. The van der Waals surface area contributed by atoms with E-state index in [1.165, 1.54) is 4.57 Å². The summed E-state index contributed by atoms with van der Waals surface area (Å²) in [5, 5.41) is -0.308. The van der Waals surface area contributed by atoms with Crippen molar-refractivity contribution in [2.24, 2.45) is 5.92 Å². The summed E-state index contributed by atoms with van der Waals surface area (Å²) < 4.78 is 28.3. The fourth-order valence-electron chi connectivity index (χ4n) is 2.85. The number of rotatable bonds is 7. The lowest BCUT2D eigenvalue weighted by atomic mass is 10.1. The predicted octanol–water partition coefficient (Wildman–Crippen LogP) is 3.15. The van der Waals surface area contributed by atoms with Gasteiger partial charge in [-0.15, -0.1) is 0 Å². The van der Waals surface area contributed by atoms with E-state index in [2.05, 4.69) is 4.98 Å². The van der Waals surface area contributed by atoms with Crippen molar-refractivity contribution in [3.05, 3.63) is 55.2 Å². The number of halogens is 3. The molecule has 2 rings (SSSR count).